The molecule has 1 amide bonds. The highest BCUT2D eigenvalue weighted by Crippen LogP contribution is 2.27. The first kappa shape index (κ1) is 14.0. The van der Waals surface area contributed by atoms with Gasteiger partial charge in [-0.05, 0) is 47.3 Å². The van der Waals surface area contributed by atoms with Crippen molar-refractivity contribution < 1.29 is 13.2 Å². The lowest BCUT2D eigenvalue weighted by atomic mass is 10.1. The van der Waals surface area contributed by atoms with Gasteiger partial charge in [-0.1, -0.05) is 0 Å². The molecule has 1 N–H and O–H groups in total. The summed E-state index contributed by atoms with van der Waals surface area (Å²) >= 11 is 4.78. The van der Waals surface area contributed by atoms with Gasteiger partial charge in [0.15, 0.2) is 0 Å². The van der Waals surface area contributed by atoms with Crippen LogP contribution in [0, 0.1) is 6.92 Å². The third-order valence-corrected chi connectivity index (χ3v) is 6.82. The Kier molecular flexibility index (Phi) is 4.13. The van der Waals surface area contributed by atoms with Crippen LogP contribution in [-0.2, 0) is 9.84 Å². The molecule has 100 valence electrons. The maximum atomic E-state index is 12.0. The lowest BCUT2D eigenvalue weighted by molar-refractivity contribution is 0.0938. The molecule has 0 aromatic carbocycles. The number of carbonyl (C=O) groups is 1. The Balaban J connectivity index is 1.96. The van der Waals surface area contributed by atoms with Gasteiger partial charge in [0.05, 0.1) is 20.2 Å². The first-order valence-corrected chi connectivity index (χ1v) is 9.08. The minimum absolute atomic E-state index is 0.0257. The van der Waals surface area contributed by atoms with Crippen LogP contribution in [0.2, 0.25) is 0 Å². The third-order valence-electron chi connectivity index (χ3n) is 2.97. The number of aryl methyl sites for hydroxylation is 1. The van der Waals surface area contributed by atoms with E-state index in [1.165, 1.54) is 11.3 Å². The summed E-state index contributed by atoms with van der Waals surface area (Å²) in [6.45, 7) is 1.94. The highest BCUT2D eigenvalue weighted by Gasteiger charge is 2.25. The van der Waals surface area contributed by atoms with Gasteiger partial charge in [-0.3, -0.25) is 4.79 Å². The number of carbonyl (C=O) groups excluding carboxylic acids is 1. The maximum Gasteiger partial charge on any atom is 0.261 e. The zero-order valence-corrected chi connectivity index (χ0v) is 13.1. The summed E-state index contributed by atoms with van der Waals surface area (Å²) in [5.41, 5.74) is 1.04. The fourth-order valence-corrected chi connectivity index (χ4v) is 4.79. The minimum atomic E-state index is -2.87. The predicted molar refractivity (Wildman–Crippen MR) is 75.9 cm³/mol. The smallest absolute Gasteiger partial charge is 0.261 e. The Morgan fingerprint density at radius 3 is 2.56 bits per heavy atom. The second kappa shape index (κ2) is 5.30. The van der Waals surface area contributed by atoms with E-state index in [0.717, 1.165) is 9.35 Å². The molecule has 1 aromatic rings. The summed E-state index contributed by atoms with van der Waals surface area (Å²) < 4.78 is 23.5. The Morgan fingerprint density at radius 2 is 2.06 bits per heavy atom. The van der Waals surface area contributed by atoms with Crippen LogP contribution in [0.3, 0.4) is 0 Å². The molecule has 0 saturated carbocycles. The van der Waals surface area contributed by atoms with Gasteiger partial charge in [0.1, 0.15) is 9.84 Å². The minimum Gasteiger partial charge on any atom is -0.349 e. The van der Waals surface area contributed by atoms with E-state index in [0.29, 0.717) is 17.7 Å². The number of rotatable bonds is 2. The van der Waals surface area contributed by atoms with Gasteiger partial charge in [-0.2, -0.15) is 0 Å². The van der Waals surface area contributed by atoms with Crippen LogP contribution >= 0.6 is 27.3 Å². The van der Waals surface area contributed by atoms with Crippen molar-refractivity contribution in [3.63, 3.8) is 0 Å². The molecule has 1 fully saturated rings. The van der Waals surface area contributed by atoms with Gasteiger partial charge in [0.2, 0.25) is 0 Å². The Bertz CT molecular complexity index is 531. The topological polar surface area (TPSA) is 63.2 Å². The van der Waals surface area contributed by atoms with Crippen molar-refractivity contribution in [2.45, 2.75) is 25.8 Å². The van der Waals surface area contributed by atoms with Crippen molar-refractivity contribution in [1.82, 2.24) is 5.32 Å². The average molecular weight is 352 g/mol. The highest BCUT2D eigenvalue weighted by atomic mass is 79.9. The van der Waals surface area contributed by atoms with Crippen LogP contribution in [0.1, 0.15) is 28.1 Å². The van der Waals surface area contributed by atoms with E-state index in [4.69, 9.17) is 0 Å². The van der Waals surface area contributed by atoms with E-state index in [1.807, 2.05) is 13.0 Å². The largest absolute Gasteiger partial charge is 0.349 e. The molecule has 2 rings (SSSR count). The second-order valence-electron chi connectivity index (χ2n) is 4.47. The molecule has 0 bridgehead atoms. The van der Waals surface area contributed by atoms with Gasteiger partial charge in [0, 0.05) is 6.04 Å². The van der Waals surface area contributed by atoms with Crippen LogP contribution in [-0.4, -0.2) is 31.9 Å². The molecular formula is C11H14BrNO3S2. The van der Waals surface area contributed by atoms with Crippen LogP contribution in [0.5, 0.6) is 0 Å². The third kappa shape index (κ3) is 3.33. The summed E-state index contributed by atoms with van der Waals surface area (Å²) in [5, 5.41) is 2.90. The lowest BCUT2D eigenvalue weighted by Gasteiger charge is -2.22. The molecule has 0 atom stereocenters. The Morgan fingerprint density at radius 1 is 1.44 bits per heavy atom. The van der Waals surface area contributed by atoms with Crippen molar-refractivity contribution >= 4 is 43.0 Å². The molecule has 0 spiro atoms. The van der Waals surface area contributed by atoms with Crippen LogP contribution in [0.25, 0.3) is 0 Å². The second-order valence-corrected chi connectivity index (χ2v) is 9.14. The lowest BCUT2D eigenvalue weighted by Crippen LogP contribution is -2.40. The summed E-state index contributed by atoms with van der Waals surface area (Å²) in [6, 6.07) is 1.81. The van der Waals surface area contributed by atoms with E-state index >= 15 is 0 Å². The van der Waals surface area contributed by atoms with Gasteiger partial charge >= 0.3 is 0 Å². The molecule has 1 saturated heterocycles. The van der Waals surface area contributed by atoms with E-state index in [9.17, 15) is 13.2 Å². The maximum absolute atomic E-state index is 12.0. The molecule has 0 unspecified atom stereocenters. The molecule has 7 heteroatoms. The van der Waals surface area contributed by atoms with Crippen molar-refractivity contribution in [2.75, 3.05) is 11.5 Å². The zero-order chi connectivity index (χ0) is 13.3. The van der Waals surface area contributed by atoms with Crippen molar-refractivity contribution in [1.29, 1.82) is 0 Å². The number of thiophene rings is 1. The van der Waals surface area contributed by atoms with Gasteiger partial charge in [0.25, 0.3) is 5.91 Å². The first-order valence-electron chi connectivity index (χ1n) is 5.64. The van der Waals surface area contributed by atoms with E-state index in [1.54, 1.807) is 0 Å². The molecule has 1 aliphatic rings. The molecule has 0 radical (unpaired) electrons. The quantitative estimate of drug-likeness (QED) is 0.887. The van der Waals surface area contributed by atoms with Crippen molar-refractivity contribution in [2.24, 2.45) is 0 Å². The standard InChI is InChI=1S/C11H14BrNO3S2/c1-7-6-9(17-10(7)12)11(14)13-8-2-4-18(15,16)5-3-8/h6,8H,2-5H2,1H3,(H,13,14). The Hall–Kier alpha value is -0.400. The highest BCUT2D eigenvalue weighted by molar-refractivity contribution is 9.11. The summed E-state index contributed by atoms with van der Waals surface area (Å²) in [6.07, 6.45) is 1.03. The summed E-state index contributed by atoms with van der Waals surface area (Å²) in [7, 11) is -2.87. The molecule has 1 aromatic heterocycles. The van der Waals surface area contributed by atoms with Gasteiger partial charge < -0.3 is 5.32 Å². The van der Waals surface area contributed by atoms with Gasteiger partial charge in [-0.15, -0.1) is 11.3 Å². The molecule has 2 heterocycles. The number of hydrogen-bond acceptors (Lipinski definition) is 4. The fourth-order valence-electron chi connectivity index (χ4n) is 1.86. The van der Waals surface area contributed by atoms with E-state index in [2.05, 4.69) is 21.2 Å². The number of sulfone groups is 1. The van der Waals surface area contributed by atoms with Crippen molar-refractivity contribution in [3.8, 4) is 0 Å². The predicted octanol–water partition coefficient (Wildman–Crippen LogP) is 2.13. The summed E-state index contributed by atoms with van der Waals surface area (Å²) in [4.78, 5) is 12.6. The van der Waals surface area contributed by atoms with Crippen LogP contribution in [0.15, 0.2) is 9.85 Å². The molecule has 4 nitrogen and oxygen atoms in total. The number of amides is 1. The average Bonchev–Trinajstić information content (AvgIpc) is 2.62. The first-order chi connectivity index (χ1) is 8.37. The van der Waals surface area contributed by atoms with Crippen LogP contribution < -0.4 is 5.32 Å². The number of nitrogens with one attached hydrogen (secondary N) is 1. The number of halogens is 1. The van der Waals surface area contributed by atoms with Crippen LogP contribution in [0.4, 0.5) is 0 Å². The monoisotopic (exact) mass is 351 g/mol. The van der Waals surface area contributed by atoms with E-state index < -0.39 is 9.84 Å². The SMILES string of the molecule is Cc1cc(C(=O)NC2CCS(=O)(=O)CC2)sc1Br. The Labute approximate surface area is 119 Å². The van der Waals surface area contributed by atoms with E-state index in [-0.39, 0.29) is 23.5 Å². The van der Waals surface area contributed by atoms with Gasteiger partial charge in [-0.25, -0.2) is 8.42 Å². The molecule has 0 aliphatic carbocycles. The van der Waals surface area contributed by atoms with Crippen molar-refractivity contribution in [3.05, 3.63) is 20.3 Å². The normalized spacial score (nSPS) is 19.7. The molecular weight excluding hydrogens is 338 g/mol. The zero-order valence-electron chi connectivity index (χ0n) is 9.90. The summed E-state index contributed by atoms with van der Waals surface area (Å²) in [5.74, 6) is 0.231. The fraction of sp³-hybridized carbons (Fsp3) is 0.545. The molecule has 18 heavy (non-hydrogen) atoms. The number of hydrogen-bond donors (Lipinski definition) is 1. The molecule has 1 aliphatic heterocycles.